The van der Waals surface area contributed by atoms with Crippen LogP contribution in [0.15, 0.2) is 18.2 Å². The lowest BCUT2D eigenvalue weighted by molar-refractivity contribution is -0.184. The molecule has 0 radical (unpaired) electrons. The van der Waals surface area contributed by atoms with E-state index in [1.807, 2.05) is 0 Å². The minimum absolute atomic E-state index is 0.0223. The summed E-state index contributed by atoms with van der Waals surface area (Å²) in [7, 11) is 0. The standard InChI is InChI=1S/C11H10Cl2F3N/c12-8-2-1-7(5-9(8)13)10(11(14,15)16)3-4-17-6-10/h1-2,5,17H,3-4,6H2/t10-/m1/s1. The summed E-state index contributed by atoms with van der Waals surface area (Å²) in [6.45, 7) is 0.230. The van der Waals surface area contributed by atoms with Gasteiger partial charge in [-0.05, 0) is 30.7 Å². The largest absolute Gasteiger partial charge is 0.399 e. The zero-order valence-corrected chi connectivity index (χ0v) is 10.3. The smallest absolute Gasteiger partial charge is 0.315 e. The van der Waals surface area contributed by atoms with E-state index >= 15 is 0 Å². The Hall–Kier alpha value is -0.450. The van der Waals surface area contributed by atoms with E-state index in [1.54, 1.807) is 0 Å². The predicted octanol–water partition coefficient (Wildman–Crippen LogP) is 3.79. The van der Waals surface area contributed by atoms with Gasteiger partial charge in [-0.3, -0.25) is 0 Å². The van der Waals surface area contributed by atoms with Gasteiger partial charge in [-0.2, -0.15) is 13.2 Å². The molecule has 1 aromatic carbocycles. The fourth-order valence-electron chi connectivity index (χ4n) is 2.14. The molecule has 1 atom stereocenters. The van der Waals surface area contributed by atoms with Gasteiger partial charge in [0.05, 0.1) is 10.0 Å². The number of nitrogens with one attached hydrogen (secondary N) is 1. The lowest BCUT2D eigenvalue weighted by atomic mass is 9.79. The van der Waals surface area contributed by atoms with Crippen molar-refractivity contribution < 1.29 is 13.2 Å². The number of alkyl halides is 3. The molecule has 1 aliphatic rings. The van der Waals surface area contributed by atoms with Gasteiger partial charge in [-0.25, -0.2) is 0 Å². The topological polar surface area (TPSA) is 12.0 Å². The van der Waals surface area contributed by atoms with Gasteiger partial charge in [0.25, 0.3) is 0 Å². The van der Waals surface area contributed by atoms with Crippen molar-refractivity contribution >= 4 is 23.2 Å². The van der Waals surface area contributed by atoms with Gasteiger partial charge < -0.3 is 5.32 Å². The molecule has 1 heterocycles. The molecule has 2 rings (SSSR count). The molecule has 94 valence electrons. The Balaban J connectivity index is 2.50. The van der Waals surface area contributed by atoms with Crippen molar-refractivity contribution in [1.29, 1.82) is 0 Å². The Labute approximate surface area is 107 Å². The molecule has 0 aromatic heterocycles. The van der Waals surface area contributed by atoms with Crippen LogP contribution in [-0.2, 0) is 5.41 Å². The summed E-state index contributed by atoms with van der Waals surface area (Å²) in [5.74, 6) is 0. The molecular weight excluding hydrogens is 274 g/mol. The number of rotatable bonds is 1. The number of hydrogen-bond donors (Lipinski definition) is 1. The second-order valence-corrected chi connectivity index (χ2v) is 4.95. The molecule has 17 heavy (non-hydrogen) atoms. The van der Waals surface area contributed by atoms with Gasteiger partial charge in [-0.15, -0.1) is 0 Å². The molecule has 1 fully saturated rings. The van der Waals surface area contributed by atoms with Crippen LogP contribution in [0.4, 0.5) is 13.2 Å². The quantitative estimate of drug-likeness (QED) is 0.827. The molecule has 0 spiro atoms. The van der Waals surface area contributed by atoms with Crippen LogP contribution in [0.25, 0.3) is 0 Å². The lowest BCUT2D eigenvalue weighted by Gasteiger charge is -2.31. The molecule has 0 unspecified atom stereocenters. The van der Waals surface area contributed by atoms with Crippen LogP contribution >= 0.6 is 23.2 Å². The first-order chi connectivity index (χ1) is 7.87. The number of hydrogen-bond acceptors (Lipinski definition) is 1. The Kier molecular flexibility index (Phi) is 3.31. The van der Waals surface area contributed by atoms with E-state index in [4.69, 9.17) is 23.2 Å². The summed E-state index contributed by atoms with van der Waals surface area (Å²) in [4.78, 5) is 0. The zero-order chi connectivity index (χ0) is 12.7. The van der Waals surface area contributed by atoms with Gasteiger partial charge in [0.15, 0.2) is 0 Å². The normalized spacial score (nSPS) is 25.2. The van der Waals surface area contributed by atoms with Crippen LogP contribution in [0.2, 0.25) is 10.0 Å². The molecule has 1 nitrogen and oxygen atoms in total. The minimum atomic E-state index is -4.30. The van der Waals surface area contributed by atoms with Crippen molar-refractivity contribution in [3.8, 4) is 0 Å². The van der Waals surface area contributed by atoms with Gasteiger partial charge in [0.1, 0.15) is 5.41 Å². The molecule has 0 bridgehead atoms. The lowest BCUT2D eigenvalue weighted by Crippen LogP contribution is -2.44. The highest BCUT2D eigenvalue weighted by Crippen LogP contribution is 2.46. The Morgan fingerprint density at radius 3 is 2.35 bits per heavy atom. The van der Waals surface area contributed by atoms with Crippen LogP contribution < -0.4 is 5.32 Å². The van der Waals surface area contributed by atoms with E-state index < -0.39 is 11.6 Å². The minimum Gasteiger partial charge on any atom is -0.315 e. The third-order valence-electron chi connectivity index (χ3n) is 3.17. The molecular formula is C11H10Cl2F3N. The van der Waals surface area contributed by atoms with Crippen molar-refractivity contribution in [3.63, 3.8) is 0 Å². The third kappa shape index (κ3) is 2.14. The number of halogens is 5. The van der Waals surface area contributed by atoms with Gasteiger partial charge in [-0.1, -0.05) is 29.3 Å². The highest BCUT2D eigenvalue weighted by Gasteiger charge is 2.57. The summed E-state index contributed by atoms with van der Waals surface area (Å²) in [6, 6.07) is 4.12. The van der Waals surface area contributed by atoms with Crippen molar-refractivity contribution in [2.45, 2.75) is 18.0 Å². The van der Waals surface area contributed by atoms with Gasteiger partial charge in [0.2, 0.25) is 0 Å². The van der Waals surface area contributed by atoms with Crippen molar-refractivity contribution in [2.75, 3.05) is 13.1 Å². The maximum Gasteiger partial charge on any atom is 0.399 e. The van der Waals surface area contributed by atoms with Crippen molar-refractivity contribution in [2.24, 2.45) is 0 Å². The molecule has 1 saturated heterocycles. The summed E-state index contributed by atoms with van der Waals surface area (Å²) < 4.78 is 39.7. The molecule has 1 N–H and O–H groups in total. The van der Waals surface area contributed by atoms with Gasteiger partial charge in [0, 0.05) is 6.54 Å². The zero-order valence-electron chi connectivity index (χ0n) is 8.74. The van der Waals surface area contributed by atoms with E-state index in [9.17, 15) is 13.2 Å². The van der Waals surface area contributed by atoms with Crippen molar-refractivity contribution in [3.05, 3.63) is 33.8 Å². The Bertz CT molecular complexity index is 425. The molecule has 1 aromatic rings. The first kappa shape index (κ1) is 13.0. The Morgan fingerprint density at radius 1 is 1.18 bits per heavy atom. The van der Waals surface area contributed by atoms with E-state index in [1.165, 1.54) is 18.2 Å². The highest BCUT2D eigenvalue weighted by molar-refractivity contribution is 6.42. The van der Waals surface area contributed by atoms with E-state index in [0.717, 1.165) is 0 Å². The van der Waals surface area contributed by atoms with Crippen LogP contribution in [0, 0.1) is 0 Å². The number of benzene rings is 1. The van der Waals surface area contributed by atoms with Crippen LogP contribution in [-0.4, -0.2) is 19.3 Å². The first-order valence-corrected chi connectivity index (χ1v) is 5.85. The summed E-state index contributed by atoms with van der Waals surface area (Å²) in [5, 5.41) is 3.17. The second-order valence-electron chi connectivity index (χ2n) is 4.14. The van der Waals surface area contributed by atoms with Crippen LogP contribution in [0.3, 0.4) is 0 Å². The SMILES string of the molecule is FC(F)(F)[C@]1(c2ccc(Cl)c(Cl)c2)CCNC1. The van der Waals surface area contributed by atoms with E-state index in [2.05, 4.69) is 5.32 Å². The highest BCUT2D eigenvalue weighted by atomic mass is 35.5. The molecule has 0 aliphatic carbocycles. The van der Waals surface area contributed by atoms with Crippen molar-refractivity contribution in [1.82, 2.24) is 5.32 Å². The summed E-state index contributed by atoms with van der Waals surface area (Å²) >= 11 is 11.5. The summed E-state index contributed by atoms with van der Waals surface area (Å²) in [6.07, 6.45) is -4.28. The second kappa shape index (κ2) is 4.34. The maximum atomic E-state index is 13.2. The molecule has 0 saturated carbocycles. The van der Waals surface area contributed by atoms with Gasteiger partial charge >= 0.3 is 6.18 Å². The third-order valence-corrected chi connectivity index (χ3v) is 3.91. The Morgan fingerprint density at radius 2 is 1.88 bits per heavy atom. The fourth-order valence-corrected chi connectivity index (χ4v) is 2.44. The first-order valence-electron chi connectivity index (χ1n) is 5.10. The van der Waals surface area contributed by atoms with Crippen LogP contribution in [0.5, 0.6) is 0 Å². The van der Waals surface area contributed by atoms with Crippen LogP contribution in [0.1, 0.15) is 12.0 Å². The van der Waals surface area contributed by atoms with E-state index in [-0.39, 0.29) is 28.6 Å². The summed E-state index contributed by atoms with van der Waals surface area (Å²) in [5.41, 5.74) is -1.68. The average Bonchev–Trinajstić information content (AvgIpc) is 2.71. The monoisotopic (exact) mass is 283 g/mol. The average molecular weight is 284 g/mol. The molecule has 1 aliphatic heterocycles. The fraction of sp³-hybridized carbons (Fsp3) is 0.455. The predicted molar refractivity (Wildman–Crippen MR) is 61.7 cm³/mol. The molecule has 0 amide bonds. The maximum absolute atomic E-state index is 13.2. The van der Waals surface area contributed by atoms with E-state index in [0.29, 0.717) is 6.54 Å². The molecule has 6 heteroatoms.